The van der Waals surface area contributed by atoms with E-state index < -0.39 is 0 Å². The maximum Gasteiger partial charge on any atom is 0.130 e. The average molecular weight is 283 g/mol. The van der Waals surface area contributed by atoms with E-state index in [9.17, 15) is 0 Å². The SMILES string of the molecule is Cc1cc(CNC(C)C)ccc1Oc1cccc(C)c1C. The summed E-state index contributed by atoms with van der Waals surface area (Å²) in [5.74, 6) is 1.86. The Morgan fingerprint density at radius 2 is 1.71 bits per heavy atom. The van der Waals surface area contributed by atoms with Gasteiger partial charge in [0.2, 0.25) is 0 Å². The number of hydrogen-bond acceptors (Lipinski definition) is 2. The Labute approximate surface area is 128 Å². The molecule has 2 rings (SSSR count). The fraction of sp³-hybridized carbons (Fsp3) is 0.368. The van der Waals surface area contributed by atoms with Crippen LogP contribution in [-0.2, 0) is 6.54 Å². The molecule has 2 nitrogen and oxygen atoms in total. The zero-order chi connectivity index (χ0) is 15.4. The summed E-state index contributed by atoms with van der Waals surface area (Å²) in [6.45, 7) is 11.5. The highest BCUT2D eigenvalue weighted by atomic mass is 16.5. The molecule has 112 valence electrons. The van der Waals surface area contributed by atoms with Gasteiger partial charge >= 0.3 is 0 Å². The second-order valence-corrected chi connectivity index (χ2v) is 5.94. The average Bonchev–Trinajstić information content (AvgIpc) is 2.44. The maximum absolute atomic E-state index is 6.08. The number of rotatable bonds is 5. The van der Waals surface area contributed by atoms with Crippen molar-refractivity contribution in [1.29, 1.82) is 0 Å². The van der Waals surface area contributed by atoms with Gasteiger partial charge in [-0.3, -0.25) is 0 Å². The molecule has 0 aromatic heterocycles. The molecule has 0 aliphatic carbocycles. The van der Waals surface area contributed by atoms with Gasteiger partial charge in [-0.05, 0) is 55.2 Å². The molecule has 0 saturated heterocycles. The van der Waals surface area contributed by atoms with Crippen LogP contribution >= 0.6 is 0 Å². The third-order valence-corrected chi connectivity index (χ3v) is 3.73. The monoisotopic (exact) mass is 283 g/mol. The van der Waals surface area contributed by atoms with Crippen LogP contribution in [0.1, 0.15) is 36.1 Å². The first-order valence-electron chi connectivity index (χ1n) is 7.54. The van der Waals surface area contributed by atoms with Crippen molar-refractivity contribution >= 4 is 0 Å². The van der Waals surface area contributed by atoms with Gasteiger partial charge in [-0.15, -0.1) is 0 Å². The molecule has 2 aromatic carbocycles. The van der Waals surface area contributed by atoms with E-state index >= 15 is 0 Å². The quantitative estimate of drug-likeness (QED) is 0.842. The second kappa shape index (κ2) is 6.77. The van der Waals surface area contributed by atoms with Crippen LogP contribution in [0.25, 0.3) is 0 Å². The Balaban J connectivity index is 2.16. The molecular weight excluding hydrogens is 258 g/mol. The van der Waals surface area contributed by atoms with E-state index in [1.807, 2.05) is 12.1 Å². The smallest absolute Gasteiger partial charge is 0.130 e. The zero-order valence-corrected chi connectivity index (χ0v) is 13.7. The molecule has 0 atom stereocenters. The summed E-state index contributed by atoms with van der Waals surface area (Å²) in [5, 5.41) is 3.43. The standard InChI is InChI=1S/C19H25NO/c1-13(2)20-12-17-9-10-18(15(4)11-17)21-19-8-6-7-14(3)16(19)5/h6-11,13,20H,12H2,1-5H3. The van der Waals surface area contributed by atoms with Crippen molar-refractivity contribution in [2.24, 2.45) is 0 Å². The van der Waals surface area contributed by atoms with Crippen molar-refractivity contribution in [2.75, 3.05) is 0 Å². The molecule has 0 spiro atoms. The van der Waals surface area contributed by atoms with Crippen LogP contribution in [0.5, 0.6) is 11.5 Å². The van der Waals surface area contributed by atoms with E-state index in [1.54, 1.807) is 0 Å². The fourth-order valence-corrected chi connectivity index (χ4v) is 2.21. The first-order chi connectivity index (χ1) is 9.97. The molecule has 1 N–H and O–H groups in total. The third-order valence-electron chi connectivity index (χ3n) is 3.73. The van der Waals surface area contributed by atoms with E-state index in [1.165, 1.54) is 22.3 Å². The van der Waals surface area contributed by atoms with Gasteiger partial charge in [0, 0.05) is 12.6 Å². The molecule has 0 bridgehead atoms. The summed E-state index contributed by atoms with van der Waals surface area (Å²) < 4.78 is 6.08. The van der Waals surface area contributed by atoms with Crippen molar-refractivity contribution in [1.82, 2.24) is 5.32 Å². The summed E-state index contributed by atoms with van der Waals surface area (Å²) >= 11 is 0. The van der Waals surface area contributed by atoms with Crippen molar-refractivity contribution in [2.45, 2.75) is 47.2 Å². The van der Waals surface area contributed by atoms with E-state index in [-0.39, 0.29) is 0 Å². The fourth-order valence-electron chi connectivity index (χ4n) is 2.21. The molecule has 0 aliphatic rings. The van der Waals surface area contributed by atoms with Crippen molar-refractivity contribution in [3.63, 3.8) is 0 Å². The first kappa shape index (κ1) is 15.6. The molecule has 0 saturated carbocycles. The third kappa shape index (κ3) is 4.08. The molecule has 0 radical (unpaired) electrons. The Bertz CT molecular complexity index is 617. The minimum Gasteiger partial charge on any atom is -0.457 e. The van der Waals surface area contributed by atoms with Crippen molar-refractivity contribution in [3.05, 3.63) is 58.7 Å². The van der Waals surface area contributed by atoms with E-state index in [0.29, 0.717) is 6.04 Å². The number of hydrogen-bond donors (Lipinski definition) is 1. The zero-order valence-electron chi connectivity index (χ0n) is 13.7. The van der Waals surface area contributed by atoms with Crippen LogP contribution in [0.4, 0.5) is 0 Å². The lowest BCUT2D eigenvalue weighted by molar-refractivity contribution is 0.474. The van der Waals surface area contributed by atoms with Gasteiger partial charge < -0.3 is 10.1 Å². The Morgan fingerprint density at radius 1 is 0.952 bits per heavy atom. The van der Waals surface area contributed by atoms with Crippen LogP contribution in [0.3, 0.4) is 0 Å². The van der Waals surface area contributed by atoms with Crippen LogP contribution in [0, 0.1) is 20.8 Å². The summed E-state index contributed by atoms with van der Waals surface area (Å²) in [6, 6.07) is 13.0. The Morgan fingerprint density at radius 3 is 2.38 bits per heavy atom. The molecule has 2 heteroatoms. The number of benzene rings is 2. The Hall–Kier alpha value is -1.80. The van der Waals surface area contributed by atoms with Crippen molar-refractivity contribution < 1.29 is 4.74 Å². The minimum atomic E-state index is 0.496. The topological polar surface area (TPSA) is 21.3 Å². The molecule has 2 aromatic rings. The van der Waals surface area contributed by atoms with Crippen LogP contribution in [0.15, 0.2) is 36.4 Å². The lowest BCUT2D eigenvalue weighted by Gasteiger charge is -2.14. The lowest BCUT2D eigenvalue weighted by Crippen LogP contribution is -2.21. The maximum atomic E-state index is 6.08. The van der Waals surface area contributed by atoms with Crippen LogP contribution in [0.2, 0.25) is 0 Å². The molecule has 0 unspecified atom stereocenters. The van der Waals surface area contributed by atoms with Gasteiger partial charge in [-0.25, -0.2) is 0 Å². The highest BCUT2D eigenvalue weighted by Crippen LogP contribution is 2.29. The summed E-state index contributed by atoms with van der Waals surface area (Å²) in [4.78, 5) is 0. The molecule has 0 heterocycles. The second-order valence-electron chi connectivity index (χ2n) is 5.94. The van der Waals surface area contributed by atoms with E-state index in [2.05, 4.69) is 64.2 Å². The summed E-state index contributed by atoms with van der Waals surface area (Å²) in [5.41, 5.74) is 4.90. The van der Waals surface area contributed by atoms with Gasteiger partial charge in [0.15, 0.2) is 0 Å². The van der Waals surface area contributed by atoms with Gasteiger partial charge in [-0.2, -0.15) is 0 Å². The number of nitrogens with one attached hydrogen (secondary N) is 1. The molecule has 21 heavy (non-hydrogen) atoms. The summed E-state index contributed by atoms with van der Waals surface area (Å²) in [7, 11) is 0. The number of aryl methyl sites for hydroxylation is 2. The predicted molar refractivity (Wildman–Crippen MR) is 89.1 cm³/mol. The lowest BCUT2D eigenvalue weighted by atomic mass is 10.1. The molecular formula is C19H25NO. The molecule has 0 fully saturated rings. The highest BCUT2D eigenvalue weighted by molar-refractivity contribution is 5.44. The normalized spacial score (nSPS) is 11.0. The van der Waals surface area contributed by atoms with Gasteiger partial charge in [0.05, 0.1) is 0 Å². The Kier molecular flexibility index (Phi) is 5.03. The highest BCUT2D eigenvalue weighted by Gasteiger charge is 2.06. The largest absolute Gasteiger partial charge is 0.457 e. The van der Waals surface area contributed by atoms with E-state index in [0.717, 1.165) is 18.0 Å². The van der Waals surface area contributed by atoms with Crippen LogP contribution < -0.4 is 10.1 Å². The van der Waals surface area contributed by atoms with Gasteiger partial charge in [-0.1, -0.05) is 38.1 Å². The predicted octanol–water partition coefficient (Wildman–Crippen LogP) is 4.90. The van der Waals surface area contributed by atoms with Gasteiger partial charge in [0.1, 0.15) is 11.5 Å². The summed E-state index contributed by atoms with van der Waals surface area (Å²) in [6.07, 6.45) is 0. The molecule has 0 amide bonds. The van der Waals surface area contributed by atoms with E-state index in [4.69, 9.17) is 4.74 Å². The molecule has 0 aliphatic heterocycles. The first-order valence-corrected chi connectivity index (χ1v) is 7.54. The number of ether oxygens (including phenoxy) is 1. The minimum absolute atomic E-state index is 0.496. The van der Waals surface area contributed by atoms with Crippen LogP contribution in [-0.4, -0.2) is 6.04 Å². The van der Waals surface area contributed by atoms with Gasteiger partial charge in [0.25, 0.3) is 0 Å². The van der Waals surface area contributed by atoms with Crippen molar-refractivity contribution in [3.8, 4) is 11.5 Å².